The molecule has 3 nitrogen and oxygen atoms in total. The lowest BCUT2D eigenvalue weighted by Crippen LogP contribution is -2.33. The molecule has 0 aliphatic rings. The number of aryl methyl sites for hydroxylation is 1. The highest BCUT2D eigenvalue weighted by Crippen LogP contribution is 2.16. The lowest BCUT2D eigenvalue weighted by atomic mass is 10.0. The molecule has 1 unspecified atom stereocenters. The summed E-state index contributed by atoms with van der Waals surface area (Å²) in [6, 6.07) is 9.50. The van der Waals surface area contributed by atoms with Crippen LogP contribution in [0.25, 0.3) is 0 Å². The molecule has 1 aromatic carbocycles. The maximum Gasteiger partial charge on any atom is 0.0474 e. The van der Waals surface area contributed by atoms with Gasteiger partial charge >= 0.3 is 0 Å². The minimum Gasteiger partial charge on any atom is -0.385 e. The van der Waals surface area contributed by atoms with Crippen molar-refractivity contribution in [2.45, 2.75) is 39.2 Å². The van der Waals surface area contributed by atoms with Gasteiger partial charge in [-0.25, -0.2) is 0 Å². The quantitative estimate of drug-likeness (QED) is 0.634. The van der Waals surface area contributed by atoms with Gasteiger partial charge in [0, 0.05) is 32.8 Å². The maximum atomic E-state index is 5.12. The molecule has 0 bridgehead atoms. The van der Waals surface area contributed by atoms with Crippen LogP contribution in [0.1, 0.15) is 43.9 Å². The van der Waals surface area contributed by atoms with Gasteiger partial charge in [0.15, 0.2) is 0 Å². The SMILES string of the molecule is CCCc1ccc(C(CN(C)CCCOC)NCC)cc1. The summed E-state index contributed by atoms with van der Waals surface area (Å²) in [4.78, 5) is 2.38. The van der Waals surface area contributed by atoms with Crippen molar-refractivity contribution in [1.29, 1.82) is 0 Å². The fourth-order valence-electron chi connectivity index (χ4n) is 2.62. The average molecular weight is 292 g/mol. The van der Waals surface area contributed by atoms with E-state index in [1.165, 1.54) is 24.0 Å². The van der Waals surface area contributed by atoms with Gasteiger partial charge in [-0.2, -0.15) is 0 Å². The number of methoxy groups -OCH3 is 1. The van der Waals surface area contributed by atoms with Crippen LogP contribution in [0.3, 0.4) is 0 Å². The van der Waals surface area contributed by atoms with Crippen LogP contribution in [0.4, 0.5) is 0 Å². The van der Waals surface area contributed by atoms with Gasteiger partial charge in [-0.1, -0.05) is 44.5 Å². The van der Waals surface area contributed by atoms with E-state index >= 15 is 0 Å². The molecule has 0 saturated carbocycles. The molecule has 0 amide bonds. The van der Waals surface area contributed by atoms with Gasteiger partial charge in [-0.05, 0) is 37.6 Å². The van der Waals surface area contributed by atoms with Crippen molar-refractivity contribution in [3.05, 3.63) is 35.4 Å². The van der Waals surface area contributed by atoms with Crippen molar-refractivity contribution >= 4 is 0 Å². The Labute approximate surface area is 130 Å². The smallest absolute Gasteiger partial charge is 0.0474 e. The molecule has 0 aliphatic heterocycles. The van der Waals surface area contributed by atoms with Gasteiger partial charge in [0.05, 0.1) is 0 Å². The van der Waals surface area contributed by atoms with Crippen molar-refractivity contribution in [3.63, 3.8) is 0 Å². The van der Waals surface area contributed by atoms with E-state index in [4.69, 9.17) is 4.74 Å². The Morgan fingerprint density at radius 2 is 1.90 bits per heavy atom. The first-order valence-corrected chi connectivity index (χ1v) is 8.20. The predicted molar refractivity (Wildman–Crippen MR) is 90.8 cm³/mol. The van der Waals surface area contributed by atoms with Gasteiger partial charge < -0.3 is 15.0 Å². The van der Waals surface area contributed by atoms with Crippen molar-refractivity contribution in [1.82, 2.24) is 10.2 Å². The summed E-state index contributed by atoms with van der Waals surface area (Å²) in [5.41, 5.74) is 2.82. The molecule has 0 aromatic heterocycles. The topological polar surface area (TPSA) is 24.5 Å². The minimum absolute atomic E-state index is 0.401. The second-order valence-electron chi connectivity index (χ2n) is 5.71. The predicted octanol–water partition coefficient (Wildman–Crippen LogP) is 3.26. The summed E-state index contributed by atoms with van der Waals surface area (Å²) in [5, 5.41) is 3.60. The van der Waals surface area contributed by atoms with E-state index in [0.717, 1.165) is 32.7 Å². The molecule has 0 spiro atoms. The number of nitrogens with zero attached hydrogens (tertiary/aromatic N) is 1. The zero-order valence-electron chi connectivity index (χ0n) is 14.2. The summed E-state index contributed by atoms with van der Waals surface area (Å²) in [6.07, 6.45) is 3.46. The number of benzene rings is 1. The second kappa shape index (κ2) is 10.8. The highest BCUT2D eigenvalue weighted by atomic mass is 16.5. The summed E-state index contributed by atoms with van der Waals surface area (Å²) in [6.45, 7) is 8.33. The Hall–Kier alpha value is -0.900. The zero-order valence-corrected chi connectivity index (χ0v) is 14.2. The van der Waals surface area contributed by atoms with E-state index in [9.17, 15) is 0 Å². The third-order valence-corrected chi connectivity index (χ3v) is 3.75. The highest BCUT2D eigenvalue weighted by molar-refractivity contribution is 5.25. The van der Waals surface area contributed by atoms with Gasteiger partial charge in [-0.15, -0.1) is 0 Å². The maximum absolute atomic E-state index is 5.12. The van der Waals surface area contributed by atoms with E-state index in [2.05, 4.69) is 55.4 Å². The van der Waals surface area contributed by atoms with E-state index in [1.807, 2.05) is 0 Å². The normalized spacial score (nSPS) is 12.8. The Bertz CT molecular complexity index is 364. The molecule has 0 heterocycles. The number of nitrogens with one attached hydrogen (secondary N) is 1. The van der Waals surface area contributed by atoms with E-state index in [0.29, 0.717) is 6.04 Å². The molecular weight excluding hydrogens is 260 g/mol. The molecule has 1 aromatic rings. The third-order valence-electron chi connectivity index (χ3n) is 3.75. The van der Waals surface area contributed by atoms with Gasteiger partial charge in [0.1, 0.15) is 0 Å². The Balaban J connectivity index is 2.58. The fourth-order valence-corrected chi connectivity index (χ4v) is 2.62. The molecule has 21 heavy (non-hydrogen) atoms. The van der Waals surface area contributed by atoms with Crippen molar-refractivity contribution in [2.24, 2.45) is 0 Å². The molecule has 1 N–H and O–H groups in total. The first kappa shape index (κ1) is 18.1. The van der Waals surface area contributed by atoms with Crippen LogP contribution in [-0.2, 0) is 11.2 Å². The lowest BCUT2D eigenvalue weighted by Gasteiger charge is -2.25. The van der Waals surface area contributed by atoms with Crippen molar-refractivity contribution < 1.29 is 4.74 Å². The first-order valence-electron chi connectivity index (χ1n) is 8.20. The third kappa shape index (κ3) is 7.07. The largest absolute Gasteiger partial charge is 0.385 e. The number of hydrogen-bond donors (Lipinski definition) is 1. The molecule has 0 saturated heterocycles. The molecule has 3 heteroatoms. The molecule has 0 fully saturated rings. The van der Waals surface area contributed by atoms with E-state index < -0.39 is 0 Å². The van der Waals surface area contributed by atoms with Gasteiger partial charge in [0.2, 0.25) is 0 Å². The molecule has 1 atom stereocenters. The summed E-state index contributed by atoms with van der Waals surface area (Å²) >= 11 is 0. The Kier molecular flexibility index (Phi) is 9.31. The van der Waals surface area contributed by atoms with Crippen LogP contribution >= 0.6 is 0 Å². The average Bonchev–Trinajstić information content (AvgIpc) is 2.48. The van der Waals surface area contributed by atoms with Crippen LogP contribution < -0.4 is 5.32 Å². The van der Waals surface area contributed by atoms with Crippen LogP contribution in [-0.4, -0.2) is 45.3 Å². The molecular formula is C18H32N2O. The Morgan fingerprint density at radius 1 is 1.19 bits per heavy atom. The zero-order chi connectivity index (χ0) is 15.5. The van der Waals surface area contributed by atoms with E-state index in [1.54, 1.807) is 7.11 Å². The Morgan fingerprint density at radius 3 is 2.48 bits per heavy atom. The van der Waals surface area contributed by atoms with Crippen LogP contribution in [0.15, 0.2) is 24.3 Å². The van der Waals surface area contributed by atoms with Crippen molar-refractivity contribution in [3.8, 4) is 0 Å². The fraction of sp³-hybridized carbons (Fsp3) is 0.667. The number of likely N-dealkylation sites (N-methyl/N-ethyl adjacent to an activating group) is 2. The summed E-state index contributed by atoms with van der Waals surface area (Å²) in [5.74, 6) is 0. The molecule has 0 aliphatic carbocycles. The standard InChI is InChI=1S/C18H32N2O/c1-5-8-16-9-11-17(12-10-16)18(19-6-2)15-20(3)13-7-14-21-4/h9-12,18-19H,5-8,13-15H2,1-4H3. The number of ether oxygens (including phenoxy) is 1. The highest BCUT2D eigenvalue weighted by Gasteiger charge is 2.12. The van der Waals surface area contributed by atoms with Crippen LogP contribution in [0.5, 0.6) is 0 Å². The monoisotopic (exact) mass is 292 g/mol. The van der Waals surface area contributed by atoms with Crippen molar-refractivity contribution in [2.75, 3.05) is 40.4 Å². The number of hydrogen-bond acceptors (Lipinski definition) is 3. The molecule has 1 rings (SSSR count). The summed E-state index contributed by atoms with van der Waals surface area (Å²) < 4.78 is 5.12. The van der Waals surface area contributed by atoms with Crippen LogP contribution in [0.2, 0.25) is 0 Å². The van der Waals surface area contributed by atoms with Gasteiger partial charge in [0.25, 0.3) is 0 Å². The second-order valence-corrected chi connectivity index (χ2v) is 5.71. The number of rotatable bonds is 11. The lowest BCUT2D eigenvalue weighted by molar-refractivity contribution is 0.176. The molecule has 120 valence electrons. The van der Waals surface area contributed by atoms with E-state index in [-0.39, 0.29) is 0 Å². The van der Waals surface area contributed by atoms with Crippen LogP contribution in [0, 0.1) is 0 Å². The van der Waals surface area contributed by atoms with Gasteiger partial charge in [-0.3, -0.25) is 0 Å². The summed E-state index contributed by atoms with van der Waals surface area (Å²) in [7, 11) is 3.95. The minimum atomic E-state index is 0.401. The first-order chi connectivity index (χ1) is 10.2. The molecule has 0 radical (unpaired) electrons.